The maximum Gasteiger partial charge on any atom is 0.0929 e. The Morgan fingerprint density at radius 3 is 2.62 bits per heavy atom. The lowest BCUT2D eigenvalue weighted by Gasteiger charge is -2.16. The molecule has 1 nitrogen and oxygen atoms in total. The SMILES string of the molecule is C=CC(O)C1=CCC1. The second kappa shape index (κ2) is 2.14. The van der Waals surface area contributed by atoms with Crippen molar-refractivity contribution in [1.29, 1.82) is 0 Å². The summed E-state index contributed by atoms with van der Waals surface area (Å²) in [5.41, 5.74) is 1.13. The zero-order valence-corrected chi connectivity index (χ0v) is 4.80. The standard InChI is InChI=1S/C7H10O/c1-2-7(8)6-4-3-5-6/h2,4,7-8H,1,3,5H2. The van der Waals surface area contributed by atoms with E-state index in [1.165, 1.54) is 0 Å². The Labute approximate surface area is 49.3 Å². The molecule has 0 saturated carbocycles. The lowest BCUT2D eigenvalue weighted by atomic mass is 9.94. The molecule has 1 heteroatoms. The molecule has 8 heavy (non-hydrogen) atoms. The Morgan fingerprint density at radius 1 is 1.88 bits per heavy atom. The predicted molar refractivity (Wildman–Crippen MR) is 33.5 cm³/mol. The van der Waals surface area contributed by atoms with Gasteiger partial charge in [-0.15, -0.1) is 6.58 Å². The molecule has 44 valence electrons. The fourth-order valence-corrected chi connectivity index (χ4v) is 0.731. The summed E-state index contributed by atoms with van der Waals surface area (Å²) in [7, 11) is 0. The van der Waals surface area contributed by atoms with E-state index in [1.807, 2.05) is 6.08 Å². The van der Waals surface area contributed by atoms with Crippen LogP contribution in [0.25, 0.3) is 0 Å². The van der Waals surface area contributed by atoms with E-state index in [4.69, 9.17) is 5.11 Å². The fourth-order valence-electron chi connectivity index (χ4n) is 0.731. The number of aliphatic hydroxyl groups excluding tert-OH is 1. The molecule has 0 fully saturated rings. The van der Waals surface area contributed by atoms with Gasteiger partial charge in [-0.1, -0.05) is 12.2 Å². The van der Waals surface area contributed by atoms with Crippen LogP contribution in [0.1, 0.15) is 12.8 Å². The van der Waals surface area contributed by atoms with Crippen LogP contribution < -0.4 is 0 Å². The van der Waals surface area contributed by atoms with Crippen molar-refractivity contribution in [3.63, 3.8) is 0 Å². The van der Waals surface area contributed by atoms with E-state index in [1.54, 1.807) is 6.08 Å². The minimum atomic E-state index is -0.372. The quantitative estimate of drug-likeness (QED) is 0.530. The summed E-state index contributed by atoms with van der Waals surface area (Å²) in [4.78, 5) is 0. The summed E-state index contributed by atoms with van der Waals surface area (Å²) in [6, 6.07) is 0. The molecule has 1 atom stereocenters. The highest BCUT2D eigenvalue weighted by Crippen LogP contribution is 2.21. The number of rotatable bonds is 2. The van der Waals surface area contributed by atoms with Crippen molar-refractivity contribution in [3.8, 4) is 0 Å². The summed E-state index contributed by atoms with van der Waals surface area (Å²) >= 11 is 0. The third-order valence-corrected chi connectivity index (χ3v) is 1.44. The van der Waals surface area contributed by atoms with Gasteiger partial charge in [0.15, 0.2) is 0 Å². The van der Waals surface area contributed by atoms with Crippen LogP contribution in [-0.4, -0.2) is 11.2 Å². The first-order valence-electron chi connectivity index (χ1n) is 2.84. The van der Waals surface area contributed by atoms with E-state index in [0.29, 0.717) is 0 Å². The van der Waals surface area contributed by atoms with Gasteiger partial charge >= 0.3 is 0 Å². The second-order valence-corrected chi connectivity index (χ2v) is 2.00. The van der Waals surface area contributed by atoms with Gasteiger partial charge in [-0.05, 0) is 18.4 Å². The monoisotopic (exact) mass is 110 g/mol. The predicted octanol–water partition coefficient (Wildman–Crippen LogP) is 1.25. The number of hydrogen-bond acceptors (Lipinski definition) is 1. The first-order chi connectivity index (χ1) is 3.84. The van der Waals surface area contributed by atoms with Crippen molar-refractivity contribution in [2.24, 2.45) is 0 Å². The van der Waals surface area contributed by atoms with Crippen LogP contribution in [-0.2, 0) is 0 Å². The minimum absolute atomic E-state index is 0.372. The molecule has 0 saturated heterocycles. The molecule has 0 aromatic carbocycles. The molecule has 0 amide bonds. The van der Waals surface area contributed by atoms with Crippen LogP contribution in [0.4, 0.5) is 0 Å². The molecule has 0 aliphatic heterocycles. The van der Waals surface area contributed by atoms with Crippen molar-refractivity contribution in [1.82, 2.24) is 0 Å². The van der Waals surface area contributed by atoms with Crippen LogP contribution in [0.5, 0.6) is 0 Å². The molecule has 0 heterocycles. The molecular formula is C7H10O. The smallest absolute Gasteiger partial charge is 0.0929 e. The van der Waals surface area contributed by atoms with E-state index in [2.05, 4.69) is 6.58 Å². The summed E-state index contributed by atoms with van der Waals surface area (Å²) in [5.74, 6) is 0. The summed E-state index contributed by atoms with van der Waals surface area (Å²) in [6.45, 7) is 3.47. The van der Waals surface area contributed by atoms with E-state index >= 15 is 0 Å². The average Bonchev–Trinajstić information content (AvgIpc) is 1.62. The van der Waals surface area contributed by atoms with Crippen molar-refractivity contribution in [3.05, 3.63) is 24.3 Å². The molecule has 0 radical (unpaired) electrons. The first kappa shape index (κ1) is 5.57. The van der Waals surface area contributed by atoms with Crippen molar-refractivity contribution in [2.75, 3.05) is 0 Å². The zero-order valence-electron chi connectivity index (χ0n) is 4.80. The molecule has 0 bridgehead atoms. The van der Waals surface area contributed by atoms with Crippen LogP contribution in [0.15, 0.2) is 24.3 Å². The summed E-state index contributed by atoms with van der Waals surface area (Å²) < 4.78 is 0. The molecule has 1 aliphatic rings. The van der Waals surface area contributed by atoms with E-state index in [-0.39, 0.29) is 6.10 Å². The third kappa shape index (κ3) is 0.819. The summed E-state index contributed by atoms with van der Waals surface area (Å²) in [6.07, 6.45) is 5.41. The second-order valence-electron chi connectivity index (χ2n) is 2.00. The Bertz CT molecular complexity index is 124. The number of allylic oxidation sites excluding steroid dienone is 1. The van der Waals surface area contributed by atoms with Gasteiger partial charge in [0.05, 0.1) is 6.10 Å². The van der Waals surface area contributed by atoms with Gasteiger partial charge in [0.25, 0.3) is 0 Å². The highest BCUT2D eigenvalue weighted by molar-refractivity contribution is 5.20. The molecule has 0 aromatic heterocycles. The van der Waals surface area contributed by atoms with Crippen LogP contribution >= 0.6 is 0 Å². The van der Waals surface area contributed by atoms with Gasteiger partial charge in [-0.3, -0.25) is 0 Å². The van der Waals surface area contributed by atoms with Gasteiger partial charge in [0, 0.05) is 0 Å². The number of hydrogen-bond donors (Lipinski definition) is 1. The lowest BCUT2D eigenvalue weighted by molar-refractivity contribution is 0.250. The Hall–Kier alpha value is -0.560. The van der Waals surface area contributed by atoms with E-state index < -0.39 is 0 Å². The van der Waals surface area contributed by atoms with Crippen molar-refractivity contribution >= 4 is 0 Å². The van der Waals surface area contributed by atoms with Crippen LogP contribution in [0.3, 0.4) is 0 Å². The first-order valence-corrected chi connectivity index (χ1v) is 2.84. The molecular weight excluding hydrogens is 100 g/mol. The average molecular weight is 110 g/mol. The lowest BCUT2D eigenvalue weighted by Crippen LogP contribution is -2.10. The van der Waals surface area contributed by atoms with Gasteiger partial charge in [0.2, 0.25) is 0 Å². The van der Waals surface area contributed by atoms with Crippen molar-refractivity contribution in [2.45, 2.75) is 18.9 Å². The number of aliphatic hydroxyl groups is 1. The summed E-state index contributed by atoms with van der Waals surface area (Å²) in [5, 5.41) is 8.99. The van der Waals surface area contributed by atoms with E-state index in [0.717, 1.165) is 18.4 Å². The van der Waals surface area contributed by atoms with Crippen molar-refractivity contribution < 1.29 is 5.11 Å². The highest BCUT2D eigenvalue weighted by atomic mass is 16.3. The Morgan fingerprint density at radius 2 is 2.50 bits per heavy atom. The third-order valence-electron chi connectivity index (χ3n) is 1.44. The zero-order chi connectivity index (χ0) is 5.98. The topological polar surface area (TPSA) is 20.2 Å². The molecule has 0 aromatic rings. The molecule has 1 aliphatic carbocycles. The van der Waals surface area contributed by atoms with Crippen LogP contribution in [0, 0.1) is 0 Å². The maximum atomic E-state index is 8.99. The Balaban J connectivity index is 2.45. The van der Waals surface area contributed by atoms with Gasteiger partial charge < -0.3 is 5.11 Å². The highest BCUT2D eigenvalue weighted by Gasteiger charge is 2.10. The molecule has 1 unspecified atom stereocenters. The fraction of sp³-hybridized carbons (Fsp3) is 0.429. The Kier molecular flexibility index (Phi) is 1.49. The largest absolute Gasteiger partial charge is 0.385 e. The van der Waals surface area contributed by atoms with Gasteiger partial charge in [-0.2, -0.15) is 0 Å². The van der Waals surface area contributed by atoms with Gasteiger partial charge in [-0.25, -0.2) is 0 Å². The molecule has 1 N–H and O–H groups in total. The molecule has 1 rings (SSSR count). The minimum Gasteiger partial charge on any atom is -0.385 e. The maximum absolute atomic E-state index is 8.99. The normalized spacial score (nSPS) is 20.9. The van der Waals surface area contributed by atoms with Crippen LogP contribution in [0.2, 0.25) is 0 Å². The molecule has 0 spiro atoms. The van der Waals surface area contributed by atoms with E-state index in [9.17, 15) is 0 Å². The van der Waals surface area contributed by atoms with Gasteiger partial charge in [0.1, 0.15) is 0 Å².